The van der Waals surface area contributed by atoms with Crippen LogP contribution in [-0.4, -0.2) is 40.0 Å². The maximum Gasteiger partial charge on any atom is 0.253 e. The van der Waals surface area contributed by atoms with E-state index in [0.717, 1.165) is 42.6 Å². The van der Waals surface area contributed by atoms with Gasteiger partial charge in [-0.3, -0.25) is 9.59 Å². The van der Waals surface area contributed by atoms with Gasteiger partial charge in [0.15, 0.2) is 11.5 Å². The van der Waals surface area contributed by atoms with Crippen molar-refractivity contribution in [2.75, 3.05) is 18.4 Å². The van der Waals surface area contributed by atoms with Crippen LogP contribution < -0.4 is 5.32 Å². The van der Waals surface area contributed by atoms with Gasteiger partial charge in [-0.1, -0.05) is 24.3 Å². The zero-order valence-electron chi connectivity index (χ0n) is 19.9. The van der Waals surface area contributed by atoms with Gasteiger partial charge in [0.25, 0.3) is 5.91 Å². The molecular formula is C29H30N2O4. The van der Waals surface area contributed by atoms with Gasteiger partial charge >= 0.3 is 0 Å². The van der Waals surface area contributed by atoms with Gasteiger partial charge in [-0.15, -0.1) is 0 Å². The summed E-state index contributed by atoms with van der Waals surface area (Å²) in [6.45, 7) is 3.68. The number of carbonyl (C=O) groups is 2. The molecule has 0 spiro atoms. The molecule has 0 atom stereocenters. The number of benzene rings is 3. The average Bonchev–Trinajstić information content (AvgIpc) is 3.69. The second-order valence-electron chi connectivity index (χ2n) is 9.70. The van der Waals surface area contributed by atoms with Crippen molar-refractivity contribution < 1.29 is 19.8 Å². The fourth-order valence-corrected chi connectivity index (χ4v) is 4.93. The molecule has 0 aromatic heterocycles. The van der Waals surface area contributed by atoms with Crippen LogP contribution in [0, 0.1) is 6.92 Å². The van der Waals surface area contributed by atoms with Crippen LogP contribution in [0.15, 0.2) is 60.7 Å². The van der Waals surface area contributed by atoms with Crippen molar-refractivity contribution in [3.05, 3.63) is 77.4 Å². The van der Waals surface area contributed by atoms with Crippen LogP contribution in [-0.2, 0) is 10.2 Å². The third kappa shape index (κ3) is 4.48. The third-order valence-electron chi connectivity index (χ3n) is 7.29. The molecule has 3 aromatic rings. The van der Waals surface area contributed by atoms with Gasteiger partial charge in [0.1, 0.15) is 0 Å². The Morgan fingerprint density at radius 3 is 2.23 bits per heavy atom. The van der Waals surface area contributed by atoms with E-state index in [4.69, 9.17) is 0 Å². The van der Waals surface area contributed by atoms with Crippen molar-refractivity contribution in [2.45, 2.75) is 44.4 Å². The number of aromatic hydroxyl groups is 2. The number of hydrogen-bond donors (Lipinski definition) is 3. The number of rotatable bonds is 5. The summed E-state index contributed by atoms with van der Waals surface area (Å²) in [4.78, 5) is 27.9. The zero-order chi connectivity index (χ0) is 24.6. The largest absolute Gasteiger partial charge is 0.504 e. The summed E-state index contributed by atoms with van der Waals surface area (Å²) < 4.78 is 0. The number of phenols is 2. The molecule has 1 aliphatic heterocycles. The first-order valence-electron chi connectivity index (χ1n) is 12.2. The van der Waals surface area contributed by atoms with Crippen LogP contribution >= 0.6 is 0 Å². The molecule has 1 heterocycles. The summed E-state index contributed by atoms with van der Waals surface area (Å²) in [6, 6.07) is 18.1. The second kappa shape index (κ2) is 9.10. The Hall–Kier alpha value is -3.80. The number of hydrogen-bond acceptors (Lipinski definition) is 4. The zero-order valence-corrected chi connectivity index (χ0v) is 19.9. The highest BCUT2D eigenvalue weighted by atomic mass is 16.3. The molecule has 180 valence electrons. The van der Waals surface area contributed by atoms with E-state index in [1.165, 1.54) is 18.6 Å². The standard InChI is InChI=1S/C29H30N2O4/c1-19-5-11-23(30-28(35)29(13-14-29)22-10-12-25(32)26(33)17-22)18-24(19)20-6-8-21(9-7-20)27(34)31-15-3-2-4-16-31/h5-12,17-18,32-33H,2-4,13-16H2,1H3,(H,30,35). The highest BCUT2D eigenvalue weighted by molar-refractivity contribution is 6.02. The lowest BCUT2D eigenvalue weighted by atomic mass is 9.94. The van der Waals surface area contributed by atoms with Crippen molar-refractivity contribution in [1.29, 1.82) is 0 Å². The van der Waals surface area contributed by atoms with Gasteiger partial charge in [0.05, 0.1) is 5.41 Å². The van der Waals surface area contributed by atoms with Gasteiger partial charge in [-0.05, 0) is 97.7 Å². The van der Waals surface area contributed by atoms with Crippen molar-refractivity contribution >= 4 is 17.5 Å². The molecule has 35 heavy (non-hydrogen) atoms. The summed E-state index contributed by atoms with van der Waals surface area (Å²) in [5.41, 5.74) is 4.45. The van der Waals surface area contributed by atoms with E-state index < -0.39 is 5.41 Å². The maximum absolute atomic E-state index is 13.2. The first-order valence-corrected chi connectivity index (χ1v) is 12.2. The van der Waals surface area contributed by atoms with Gasteiger partial charge in [-0.25, -0.2) is 0 Å². The molecule has 1 aliphatic carbocycles. The average molecular weight is 471 g/mol. The molecule has 6 nitrogen and oxygen atoms in total. The fraction of sp³-hybridized carbons (Fsp3) is 0.310. The Morgan fingerprint density at radius 1 is 0.857 bits per heavy atom. The first-order chi connectivity index (χ1) is 16.9. The molecule has 0 unspecified atom stereocenters. The Kier molecular flexibility index (Phi) is 5.97. The molecule has 0 radical (unpaired) electrons. The Labute approximate surface area is 205 Å². The number of carbonyl (C=O) groups excluding carboxylic acids is 2. The van der Waals surface area contributed by atoms with Crippen molar-refractivity contribution in [1.82, 2.24) is 4.90 Å². The molecule has 3 N–H and O–H groups in total. The van der Waals surface area contributed by atoms with E-state index in [0.29, 0.717) is 29.7 Å². The van der Waals surface area contributed by atoms with Crippen LogP contribution in [0.4, 0.5) is 5.69 Å². The third-order valence-corrected chi connectivity index (χ3v) is 7.29. The minimum Gasteiger partial charge on any atom is -0.504 e. The van der Waals surface area contributed by atoms with E-state index in [-0.39, 0.29) is 23.3 Å². The number of nitrogens with zero attached hydrogens (tertiary/aromatic N) is 1. The second-order valence-corrected chi connectivity index (χ2v) is 9.70. The number of amides is 2. The lowest BCUT2D eigenvalue weighted by Crippen LogP contribution is -2.35. The highest BCUT2D eigenvalue weighted by Crippen LogP contribution is 2.50. The van der Waals surface area contributed by atoms with E-state index in [1.807, 2.05) is 54.3 Å². The minimum absolute atomic E-state index is 0.0870. The molecule has 6 heteroatoms. The molecule has 1 saturated carbocycles. The number of likely N-dealkylation sites (tertiary alicyclic amines) is 1. The van der Waals surface area contributed by atoms with Crippen molar-refractivity contribution in [3.63, 3.8) is 0 Å². The minimum atomic E-state index is -0.688. The van der Waals surface area contributed by atoms with E-state index in [1.54, 1.807) is 6.07 Å². The molecule has 2 aliphatic rings. The summed E-state index contributed by atoms with van der Waals surface area (Å²) in [5, 5.41) is 22.5. The number of piperidine rings is 1. The topological polar surface area (TPSA) is 89.9 Å². The SMILES string of the molecule is Cc1ccc(NC(=O)C2(c3ccc(O)c(O)c3)CC2)cc1-c1ccc(C(=O)N2CCCCC2)cc1. The number of nitrogens with one attached hydrogen (secondary N) is 1. The smallest absolute Gasteiger partial charge is 0.253 e. The van der Waals surface area contributed by atoms with Crippen LogP contribution in [0.3, 0.4) is 0 Å². The van der Waals surface area contributed by atoms with E-state index in [2.05, 4.69) is 5.32 Å². The predicted molar refractivity (Wildman–Crippen MR) is 136 cm³/mol. The van der Waals surface area contributed by atoms with Crippen LogP contribution in [0.25, 0.3) is 11.1 Å². The Bertz CT molecular complexity index is 1270. The predicted octanol–water partition coefficient (Wildman–Crippen LogP) is 5.37. The van der Waals surface area contributed by atoms with Crippen LogP contribution in [0.1, 0.15) is 53.6 Å². The van der Waals surface area contributed by atoms with Crippen LogP contribution in [0.2, 0.25) is 0 Å². The lowest BCUT2D eigenvalue weighted by Gasteiger charge is -2.26. The summed E-state index contributed by atoms with van der Waals surface area (Å²) in [7, 11) is 0. The lowest BCUT2D eigenvalue weighted by molar-refractivity contribution is -0.118. The Morgan fingerprint density at radius 2 is 1.57 bits per heavy atom. The summed E-state index contributed by atoms with van der Waals surface area (Å²) in [5.74, 6) is -0.456. The number of anilines is 1. The van der Waals surface area contributed by atoms with Crippen molar-refractivity contribution in [3.8, 4) is 22.6 Å². The molecule has 0 bridgehead atoms. The Balaban J connectivity index is 1.34. The van der Waals surface area contributed by atoms with Gasteiger partial charge in [0, 0.05) is 24.3 Å². The first kappa shape index (κ1) is 23.0. The quantitative estimate of drug-likeness (QED) is 0.437. The highest BCUT2D eigenvalue weighted by Gasteiger charge is 2.51. The monoisotopic (exact) mass is 470 g/mol. The molecule has 1 saturated heterocycles. The molecule has 2 fully saturated rings. The molecule has 2 amide bonds. The molecular weight excluding hydrogens is 440 g/mol. The number of phenolic OH excluding ortho intramolecular Hbond substituents is 2. The molecule has 3 aromatic carbocycles. The summed E-state index contributed by atoms with van der Waals surface area (Å²) >= 11 is 0. The normalized spacial score (nSPS) is 16.5. The number of aryl methyl sites for hydroxylation is 1. The van der Waals surface area contributed by atoms with Gasteiger partial charge < -0.3 is 20.4 Å². The van der Waals surface area contributed by atoms with E-state index in [9.17, 15) is 19.8 Å². The molecule has 5 rings (SSSR count). The summed E-state index contributed by atoms with van der Waals surface area (Å²) in [6.07, 6.45) is 4.70. The van der Waals surface area contributed by atoms with Gasteiger partial charge in [-0.2, -0.15) is 0 Å². The van der Waals surface area contributed by atoms with Gasteiger partial charge in [0.2, 0.25) is 5.91 Å². The van der Waals surface area contributed by atoms with Crippen LogP contribution in [0.5, 0.6) is 11.5 Å². The van der Waals surface area contributed by atoms with Crippen molar-refractivity contribution in [2.24, 2.45) is 0 Å². The maximum atomic E-state index is 13.2. The fourth-order valence-electron chi connectivity index (χ4n) is 4.93. The van der Waals surface area contributed by atoms with E-state index >= 15 is 0 Å².